The van der Waals surface area contributed by atoms with E-state index in [0.717, 1.165) is 13.1 Å². The normalized spacial score (nSPS) is 9.45. The zero-order valence-electron chi connectivity index (χ0n) is 12.2. The first-order chi connectivity index (χ1) is 8.79. The fourth-order valence-corrected chi connectivity index (χ4v) is 1.20. The van der Waals surface area contributed by atoms with Gasteiger partial charge >= 0.3 is 41.3 Å². The van der Waals surface area contributed by atoms with Crippen molar-refractivity contribution in [3.05, 3.63) is 12.3 Å². The third kappa shape index (κ3) is 19.5. The van der Waals surface area contributed by atoms with Crippen LogP contribution in [0.25, 0.3) is 12.3 Å². The standard InChI is InChI=1S/C9H17NO4.2H2N.HO4P.Pt.H2/c1-3-10(4-2)6-5-7(8(11)12)9(13)14;;;1-4-5(2)3;;/h7H,3-6H2,1-2H3,(H,11,12)(H,13,14);2*1H2;1H;;1H/q;2*-1;;+2;. The van der Waals surface area contributed by atoms with Crippen molar-refractivity contribution in [2.45, 2.75) is 20.3 Å². The second kappa shape index (κ2) is 20.5. The van der Waals surface area contributed by atoms with E-state index >= 15 is 0 Å². The maximum absolute atomic E-state index is 10.5. The number of nitrogens with two attached hydrogens (primary N) is 2. The summed E-state index contributed by atoms with van der Waals surface area (Å²) in [6, 6.07) is 0. The molecular formula is C9H24N3O8PPt. The summed E-state index contributed by atoms with van der Waals surface area (Å²) in [6.45, 7) is 6.04. The zero-order valence-corrected chi connectivity index (χ0v) is 15.3. The van der Waals surface area contributed by atoms with Crippen molar-refractivity contribution in [3.8, 4) is 0 Å². The molecule has 0 aliphatic carbocycles. The van der Waals surface area contributed by atoms with Crippen molar-refractivity contribution in [1.82, 2.24) is 4.90 Å². The van der Waals surface area contributed by atoms with Crippen LogP contribution in [0.4, 0.5) is 0 Å². The SMILES string of the molecule is CCN(CC)CCC(C(=O)O)C(=O)O.O=[P+]([O-])OO.[HH].[NH2-].[NH2-].[Pt+2]. The number of carboxylic acid groups (broad SMARTS) is 2. The van der Waals surface area contributed by atoms with Crippen molar-refractivity contribution < 1.29 is 61.7 Å². The Labute approximate surface area is 145 Å². The van der Waals surface area contributed by atoms with Gasteiger partial charge in [-0.15, -0.1) is 0 Å². The van der Waals surface area contributed by atoms with Crippen molar-refractivity contribution in [1.29, 1.82) is 0 Å². The molecule has 11 nitrogen and oxygen atoms in total. The number of carbonyl (C=O) groups is 2. The topological polar surface area (TPSA) is 214 Å². The van der Waals surface area contributed by atoms with Gasteiger partial charge in [-0.1, -0.05) is 13.8 Å². The Morgan fingerprint density at radius 1 is 1.23 bits per heavy atom. The van der Waals surface area contributed by atoms with Crippen LogP contribution in [-0.4, -0.2) is 51.9 Å². The maximum Gasteiger partial charge on any atom is 2.00 e. The van der Waals surface area contributed by atoms with Crippen LogP contribution < -0.4 is 4.89 Å². The monoisotopic (exact) mass is 528 g/mol. The number of aliphatic carboxylic acids is 2. The molecule has 13 heteroatoms. The second-order valence-electron chi connectivity index (χ2n) is 3.35. The first-order valence-corrected chi connectivity index (χ1v) is 6.53. The molecule has 0 bridgehead atoms. The third-order valence-electron chi connectivity index (χ3n) is 2.29. The van der Waals surface area contributed by atoms with Crippen LogP contribution in [0.15, 0.2) is 0 Å². The molecule has 0 aromatic carbocycles. The Morgan fingerprint density at radius 2 is 1.55 bits per heavy atom. The summed E-state index contributed by atoms with van der Waals surface area (Å²) in [5.41, 5.74) is 0. The van der Waals surface area contributed by atoms with E-state index in [1.807, 2.05) is 18.7 Å². The van der Waals surface area contributed by atoms with Crippen LogP contribution in [0, 0.1) is 5.92 Å². The zero-order chi connectivity index (χ0) is 15.4. The average Bonchev–Trinajstić information content (AvgIpc) is 2.34. The Balaban J connectivity index is -0.0000000708. The van der Waals surface area contributed by atoms with Crippen molar-refractivity contribution >= 4 is 20.2 Å². The number of nitrogens with zero attached hydrogens (tertiary/aromatic N) is 1. The fourth-order valence-electron chi connectivity index (χ4n) is 1.20. The minimum atomic E-state index is -3.04. The van der Waals surface area contributed by atoms with Gasteiger partial charge in [0.15, 0.2) is 5.92 Å². The predicted octanol–water partition coefficient (Wildman–Crippen LogP) is 1.68. The van der Waals surface area contributed by atoms with Crippen LogP contribution in [0.3, 0.4) is 0 Å². The first-order valence-electron chi connectivity index (χ1n) is 5.43. The molecule has 0 aromatic heterocycles. The first kappa shape index (κ1) is 33.2. The largest absolute Gasteiger partial charge is 2.00 e. The van der Waals surface area contributed by atoms with Gasteiger partial charge in [0, 0.05) is 6.10 Å². The molecule has 138 valence electrons. The van der Waals surface area contributed by atoms with E-state index in [4.69, 9.17) is 24.9 Å². The number of rotatable bonds is 8. The summed E-state index contributed by atoms with van der Waals surface area (Å²) >= 11 is 0. The van der Waals surface area contributed by atoms with E-state index in [-0.39, 0.29) is 41.2 Å². The molecule has 0 amide bonds. The molecule has 0 rings (SSSR count). The maximum atomic E-state index is 10.5. The van der Waals surface area contributed by atoms with Gasteiger partial charge in [-0.25, -0.2) is 5.26 Å². The van der Waals surface area contributed by atoms with Crippen molar-refractivity contribution in [2.75, 3.05) is 19.6 Å². The van der Waals surface area contributed by atoms with Crippen LogP contribution in [0.5, 0.6) is 0 Å². The molecular weight excluding hydrogens is 504 g/mol. The molecule has 0 aliphatic rings. The van der Waals surface area contributed by atoms with E-state index in [9.17, 15) is 9.59 Å². The summed E-state index contributed by atoms with van der Waals surface area (Å²) in [6.07, 6.45) is 0.159. The van der Waals surface area contributed by atoms with Crippen molar-refractivity contribution in [3.63, 3.8) is 0 Å². The number of hydrogen-bond donors (Lipinski definition) is 3. The second-order valence-corrected chi connectivity index (χ2v) is 3.96. The van der Waals surface area contributed by atoms with E-state index in [1.54, 1.807) is 0 Å². The molecule has 0 radical (unpaired) electrons. The van der Waals surface area contributed by atoms with E-state index in [1.165, 1.54) is 0 Å². The smallest absolute Gasteiger partial charge is 0.693 e. The number of carboxylic acids is 2. The minimum absolute atomic E-state index is 0. The Bertz CT molecular complexity index is 299. The van der Waals surface area contributed by atoms with Gasteiger partial charge in [-0.2, -0.15) is 0 Å². The molecule has 0 fully saturated rings. The molecule has 0 saturated carbocycles. The van der Waals surface area contributed by atoms with Gasteiger partial charge in [0.1, 0.15) is 0 Å². The summed E-state index contributed by atoms with van der Waals surface area (Å²) in [4.78, 5) is 32.0. The van der Waals surface area contributed by atoms with Gasteiger partial charge < -0.3 is 32.3 Å². The van der Waals surface area contributed by atoms with Gasteiger partial charge in [0.2, 0.25) is 0 Å². The van der Waals surface area contributed by atoms with E-state index in [2.05, 4.69) is 4.67 Å². The Hall–Kier alpha value is -0.512. The molecule has 22 heavy (non-hydrogen) atoms. The molecule has 0 heterocycles. The quantitative estimate of drug-likeness (QED) is 0.180. The molecule has 7 N–H and O–H groups in total. The predicted molar refractivity (Wildman–Crippen MR) is 75.2 cm³/mol. The van der Waals surface area contributed by atoms with Crippen LogP contribution in [0.1, 0.15) is 21.7 Å². The molecule has 0 aliphatic heterocycles. The minimum Gasteiger partial charge on any atom is -0.693 e. The summed E-state index contributed by atoms with van der Waals surface area (Å²) in [7, 11) is -3.04. The summed E-state index contributed by atoms with van der Waals surface area (Å²) < 4.78 is 11.6. The molecule has 0 spiro atoms. The molecule has 0 aromatic rings. The fraction of sp³-hybridized carbons (Fsp3) is 0.778. The van der Waals surface area contributed by atoms with Gasteiger partial charge in [-0.3, -0.25) is 9.59 Å². The summed E-state index contributed by atoms with van der Waals surface area (Å²) in [5, 5.41) is 24.3. The van der Waals surface area contributed by atoms with Crippen LogP contribution in [-0.2, 0) is 39.9 Å². The summed E-state index contributed by atoms with van der Waals surface area (Å²) in [5.74, 6) is -3.80. The van der Waals surface area contributed by atoms with Crippen LogP contribution >= 0.6 is 8.25 Å². The molecule has 1 atom stereocenters. The van der Waals surface area contributed by atoms with Gasteiger partial charge in [-0.05, 0) is 30.6 Å². The Morgan fingerprint density at radius 3 is 1.73 bits per heavy atom. The average molecular weight is 528 g/mol. The van der Waals surface area contributed by atoms with Gasteiger partial charge in [0.05, 0.1) is 0 Å². The van der Waals surface area contributed by atoms with Crippen molar-refractivity contribution in [2.24, 2.45) is 5.92 Å². The number of hydrogen-bond acceptors (Lipinski definition) is 7. The third-order valence-corrected chi connectivity index (χ3v) is 2.42. The van der Waals surface area contributed by atoms with Gasteiger partial charge in [0.25, 0.3) is 0 Å². The Kier molecular flexibility index (Phi) is 30.9. The van der Waals surface area contributed by atoms with Crippen LogP contribution in [0.2, 0.25) is 0 Å². The molecule has 0 saturated heterocycles. The van der Waals surface area contributed by atoms with E-state index in [0.29, 0.717) is 6.54 Å². The van der Waals surface area contributed by atoms with E-state index < -0.39 is 26.1 Å². The molecule has 1 unspecified atom stereocenters.